The minimum absolute atomic E-state index is 0.122. The van der Waals surface area contributed by atoms with Gasteiger partial charge in [-0.3, -0.25) is 9.69 Å². The molecule has 1 atom stereocenters. The van der Waals surface area contributed by atoms with Crippen LogP contribution < -0.4 is 0 Å². The lowest BCUT2D eigenvalue weighted by molar-refractivity contribution is -0.141. The molecule has 1 N–H and O–H groups in total. The first kappa shape index (κ1) is 13.8. The van der Waals surface area contributed by atoms with E-state index in [-0.39, 0.29) is 5.92 Å². The van der Waals surface area contributed by atoms with Crippen LogP contribution in [0.2, 0.25) is 0 Å². The number of unbranched alkanes of at least 4 members (excludes halogenated alkanes) is 1. The van der Waals surface area contributed by atoms with E-state index in [1.165, 1.54) is 45.3 Å². The normalized spacial score (nSPS) is 27.7. The predicted octanol–water partition coefficient (Wildman–Crippen LogP) is 1.66. The topological polar surface area (TPSA) is 43.8 Å². The second-order valence-corrected chi connectivity index (χ2v) is 5.75. The van der Waals surface area contributed by atoms with Gasteiger partial charge in [-0.25, -0.2) is 0 Å². The van der Waals surface area contributed by atoms with Gasteiger partial charge >= 0.3 is 5.97 Å². The fourth-order valence-corrected chi connectivity index (χ4v) is 3.21. The van der Waals surface area contributed by atoms with Crippen molar-refractivity contribution >= 4 is 5.97 Å². The maximum absolute atomic E-state index is 11.0. The molecule has 0 bridgehead atoms. The largest absolute Gasteiger partial charge is 0.481 e. The van der Waals surface area contributed by atoms with E-state index in [1.54, 1.807) is 0 Å². The molecule has 4 nitrogen and oxygen atoms in total. The number of carboxylic acids is 1. The number of carbonyl (C=O) groups is 1. The fourth-order valence-electron chi connectivity index (χ4n) is 3.21. The monoisotopic (exact) mass is 254 g/mol. The third kappa shape index (κ3) is 3.45. The van der Waals surface area contributed by atoms with Gasteiger partial charge in [0.15, 0.2) is 0 Å². The summed E-state index contributed by atoms with van der Waals surface area (Å²) in [4.78, 5) is 15.9. The van der Waals surface area contributed by atoms with E-state index in [9.17, 15) is 4.79 Å². The first-order chi connectivity index (χ1) is 8.70. The first-order valence-corrected chi connectivity index (χ1v) is 7.40. The summed E-state index contributed by atoms with van der Waals surface area (Å²) in [5.41, 5.74) is 0. The summed E-state index contributed by atoms with van der Waals surface area (Å²) in [7, 11) is 0. The van der Waals surface area contributed by atoms with Crippen molar-refractivity contribution in [2.24, 2.45) is 5.92 Å². The predicted molar refractivity (Wildman–Crippen MR) is 71.7 cm³/mol. The Morgan fingerprint density at radius 1 is 1.22 bits per heavy atom. The van der Waals surface area contributed by atoms with E-state index in [0.717, 1.165) is 19.5 Å². The maximum atomic E-state index is 11.0. The number of hydrogen-bond donors (Lipinski definition) is 1. The van der Waals surface area contributed by atoms with Crippen molar-refractivity contribution in [3.63, 3.8) is 0 Å². The van der Waals surface area contributed by atoms with Crippen LogP contribution in [-0.4, -0.2) is 59.6 Å². The Labute approximate surface area is 110 Å². The number of carboxylic acid groups (broad SMARTS) is 1. The summed E-state index contributed by atoms with van der Waals surface area (Å²) in [6.45, 7) is 7.62. The summed E-state index contributed by atoms with van der Waals surface area (Å²) >= 11 is 0. The molecule has 2 aliphatic heterocycles. The SMILES string of the molecule is CCCCN1CCC(N2CCC(C(=O)O)C2)CC1. The highest BCUT2D eigenvalue weighted by Gasteiger charge is 2.33. The van der Waals surface area contributed by atoms with Gasteiger partial charge in [-0.05, 0) is 51.9 Å². The minimum Gasteiger partial charge on any atom is -0.481 e. The van der Waals surface area contributed by atoms with Crippen molar-refractivity contribution in [3.8, 4) is 0 Å². The van der Waals surface area contributed by atoms with Crippen LogP contribution >= 0.6 is 0 Å². The van der Waals surface area contributed by atoms with Gasteiger partial charge in [-0.2, -0.15) is 0 Å². The van der Waals surface area contributed by atoms with Crippen molar-refractivity contribution < 1.29 is 9.90 Å². The van der Waals surface area contributed by atoms with Gasteiger partial charge in [0.1, 0.15) is 0 Å². The average Bonchev–Trinajstić information content (AvgIpc) is 2.87. The third-order valence-electron chi connectivity index (χ3n) is 4.47. The van der Waals surface area contributed by atoms with Gasteiger partial charge in [-0.1, -0.05) is 13.3 Å². The molecule has 0 saturated carbocycles. The van der Waals surface area contributed by atoms with Crippen molar-refractivity contribution in [1.29, 1.82) is 0 Å². The van der Waals surface area contributed by atoms with Crippen LogP contribution in [-0.2, 0) is 4.79 Å². The number of nitrogens with zero attached hydrogens (tertiary/aromatic N) is 2. The Morgan fingerprint density at radius 2 is 1.94 bits per heavy atom. The van der Waals surface area contributed by atoms with Gasteiger partial charge in [0.2, 0.25) is 0 Å². The van der Waals surface area contributed by atoms with Gasteiger partial charge in [0.05, 0.1) is 5.92 Å². The molecule has 2 rings (SSSR count). The lowest BCUT2D eigenvalue weighted by Crippen LogP contribution is -2.44. The molecule has 0 spiro atoms. The molecule has 4 heteroatoms. The zero-order valence-electron chi connectivity index (χ0n) is 11.5. The molecular formula is C14H26N2O2. The summed E-state index contributed by atoms with van der Waals surface area (Å²) < 4.78 is 0. The van der Waals surface area contributed by atoms with Crippen molar-refractivity contribution in [1.82, 2.24) is 9.80 Å². The highest BCUT2D eigenvalue weighted by molar-refractivity contribution is 5.70. The molecule has 2 saturated heterocycles. The lowest BCUT2D eigenvalue weighted by Gasteiger charge is -2.36. The Bertz CT molecular complexity index is 275. The van der Waals surface area contributed by atoms with Gasteiger partial charge < -0.3 is 10.0 Å². The Kier molecular flexibility index (Phi) is 5.01. The van der Waals surface area contributed by atoms with E-state index in [1.807, 2.05) is 0 Å². The summed E-state index contributed by atoms with van der Waals surface area (Å²) in [6.07, 6.45) is 5.85. The number of rotatable bonds is 5. The van der Waals surface area contributed by atoms with Gasteiger partial charge in [0.25, 0.3) is 0 Å². The van der Waals surface area contributed by atoms with E-state index in [4.69, 9.17) is 5.11 Å². The Balaban J connectivity index is 1.72. The molecule has 0 aliphatic carbocycles. The average molecular weight is 254 g/mol. The molecular weight excluding hydrogens is 228 g/mol. The molecule has 18 heavy (non-hydrogen) atoms. The molecule has 0 aromatic carbocycles. The van der Waals surface area contributed by atoms with Crippen LogP contribution in [0.3, 0.4) is 0 Å². The van der Waals surface area contributed by atoms with Crippen molar-refractivity contribution in [2.45, 2.75) is 45.1 Å². The van der Waals surface area contributed by atoms with Crippen LogP contribution in [0.5, 0.6) is 0 Å². The van der Waals surface area contributed by atoms with E-state index < -0.39 is 5.97 Å². The van der Waals surface area contributed by atoms with Crippen LogP contribution in [0.1, 0.15) is 39.0 Å². The standard InChI is InChI=1S/C14H26N2O2/c1-2-3-7-15-8-5-13(6-9-15)16-10-4-12(11-16)14(17)18/h12-13H,2-11H2,1H3,(H,17,18). The molecule has 1 unspecified atom stereocenters. The molecule has 2 heterocycles. The number of piperidine rings is 1. The second-order valence-electron chi connectivity index (χ2n) is 5.75. The molecule has 2 aliphatic rings. The van der Waals surface area contributed by atoms with Crippen molar-refractivity contribution in [2.75, 3.05) is 32.7 Å². The van der Waals surface area contributed by atoms with E-state index >= 15 is 0 Å². The lowest BCUT2D eigenvalue weighted by atomic mass is 10.0. The summed E-state index contributed by atoms with van der Waals surface area (Å²) in [6, 6.07) is 0.632. The van der Waals surface area contributed by atoms with Crippen LogP contribution in [0, 0.1) is 5.92 Å². The third-order valence-corrected chi connectivity index (χ3v) is 4.47. The molecule has 2 fully saturated rings. The van der Waals surface area contributed by atoms with Gasteiger partial charge in [-0.15, -0.1) is 0 Å². The smallest absolute Gasteiger partial charge is 0.307 e. The molecule has 0 radical (unpaired) electrons. The van der Waals surface area contributed by atoms with Crippen LogP contribution in [0.25, 0.3) is 0 Å². The quantitative estimate of drug-likeness (QED) is 0.810. The molecule has 0 amide bonds. The van der Waals surface area contributed by atoms with E-state index in [0.29, 0.717) is 6.04 Å². The zero-order valence-corrected chi connectivity index (χ0v) is 11.5. The highest BCUT2D eigenvalue weighted by atomic mass is 16.4. The second kappa shape index (κ2) is 6.53. The minimum atomic E-state index is -0.613. The Hall–Kier alpha value is -0.610. The van der Waals surface area contributed by atoms with Crippen LogP contribution in [0.15, 0.2) is 0 Å². The highest BCUT2D eigenvalue weighted by Crippen LogP contribution is 2.24. The van der Waals surface area contributed by atoms with Crippen molar-refractivity contribution in [3.05, 3.63) is 0 Å². The number of likely N-dealkylation sites (tertiary alicyclic amines) is 2. The van der Waals surface area contributed by atoms with Crippen LogP contribution in [0.4, 0.5) is 0 Å². The van der Waals surface area contributed by atoms with E-state index in [2.05, 4.69) is 16.7 Å². The zero-order chi connectivity index (χ0) is 13.0. The summed E-state index contributed by atoms with van der Waals surface area (Å²) in [5, 5.41) is 9.03. The molecule has 104 valence electrons. The van der Waals surface area contributed by atoms with Gasteiger partial charge in [0, 0.05) is 12.6 Å². The molecule has 0 aromatic rings. The Morgan fingerprint density at radius 3 is 2.50 bits per heavy atom. The maximum Gasteiger partial charge on any atom is 0.307 e. The fraction of sp³-hybridized carbons (Fsp3) is 0.929. The number of hydrogen-bond acceptors (Lipinski definition) is 3. The first-order valence-electron chi connectivity index (χ1n) is 7.40. The number of aliphatic carboxylic acids is 1. The molecule has 0 aromatic heterocycles. The summed E-state index contributed by atoms with van der Waals surface area (Å²) in [5.74, 6) is -0.735.